The number of carbonyl (C=O) groups is 3. The lowest BCUT2D eigenvalue weighted by molar-refractivity contribution is -0.145. The van der Waals surface area contributed by atoms with Crippen LogP contribution in [0.2, 0.25) is 0 Å². The number of hydrogen-bond acceptors (Lipinski definition) is 4. The average molecular weight is 340 g/mol. The number of aliphatic carboxylic acids is 1. The van der Waals surface area contributed by atoms with E-state index in [9.17, 15) is 14.4 Å². The highest BCUT2D eigenvalue weighted by Crippen LogP contribution is 2.25. The Kier molecular flexibility index (Phi) is 6.60. The first-order chi connectivity index (χ1) is 11.4. The number of hydrogen-bond donors (Lipinski definition) is 1. The summed E-state index contributed by atoms with van der Waals surface area (Å²) in [4.78, 5) is 38.6. The summed E-state index contributed by atoms with van der Waals surface area (Å²) in [5, 5.41) is 8.99. The van der Waals surface area contributed by atoms with Crippen LogP contribution in [0.25, 0.3) is 0 Å². The van der Waals surface area contributed by atoms with Crippen molar-refractivity contribution in [2.45, 2.75) is 70.6 Å². The summed E-state index contributed by atoms with van der Waals surface area (Å²) >= 11 is 0. The second-order valence-electron chi connectivity index (χ2n) is 6.68. The van der Waals surface area contributed by atoms with Gasteiger partial charge in [0.25, 0.3) is 5.91 Å². The molecule has 2 aliphatic heterocycles. The van der Waals surface area contributed by atoms with Crippen molar-refractivity contribution in [3.05, 3.63) is 0 Å². The molecular weight excluding hydrogens is 312 g/mol. The number of ether oxygens (including phenoxy) is 1. The van der Waals surface area contributed by atoms with Crippen LogP contribution in [0.4, 0.5) is 0 Å². The third-order valence-corrected chi connectivity index (χ3v) is 5.00. The van der Waals surface area contributed by atoms with Gasteiger partial charge < -0.3 is 19.6 Å². The van der Waals surface area contributed by atoms with Gasteiger partial charge in [0, 0.05) is 26.1 Å². The van der Waals surface area contributed by atoms with Gasteiger partial charge in [-0.3, -0.25) is 14.4 Å². The van der Waals surface area contributed by atoms with Gasteiger partial charge in [-0.05, 0) is 38.5 Å². The molecule has 2 amide bonds. The molecule has 0 radical (unpaired) electrons. The first-order valence-corrected chi connectivity index (χ1v) is 8.85. The molecule has 0 spiro atoms. The van der Waals surface area contributed by atoms with E-state index in [0.29, 0.717) is 19.5 Å². The highest BCUT2D eigenvalue weighted by atomic mass is 16.5. The summed E-state index contributed by atoms with van der Waals surface area (Å²) in [5.74, 6) is -1.20. The van der Waals surface area contributed by atoms with Gasteiger partial charge in [-0.2, -0.15) is 0 Å². The van der Waals surface area contributed by atoms with E-state index in [4.69, 9.17) is 9.84 Å². The predicted molar refractivity (Wildman–Crippen MR) is 87.4 cm³/mol. The normalized spacial score (nSPS) is 27.6. The lowest BCUT2D eigenvalue weighted by Gasteiger charge is -2.29. The zero-order valence-electron chi connectivity index (χ0n) is 14.6. The van der Waals surface area contributed by atoms with E-state index in [0.717, 1.165) is 32.1 Å². The Labute approximate surface area is 142 Å². The first kappa shape index (κ1) is 18.7. The van der Waals surface area contributed by atoms with E-state index in [2.05, 4.69) is 6.92 Å². The van der Waals surface area contributed by atoms with Crippen molar-refractivity contribution in [3.8, 4) is 0 Å². The average Bonchev–Trinajstić information content (AvgIpc) is 2.89. The summed E-state index contributed by atoms with van der Waals surface area (Å²) in [5.41, 5.74) is 0. The molecule has 2 heterocycles. The Bertz CT molecular complexity index is 482. The molecule has 24 heavy (non-hydrogen) atoms. The lowest BCUT2D eigenvalue weighted by Crippen LogP contribution is -2.43. The molecule has 2 fully saturated rings. The van der Waals surface area contributed by atoms with Crippen LogP contribution in [-0.4, -0.2) is 70.6 Å². The Morgan fingerprint density at radius 1 is 1.17 bits per heavy atom. The first-order valence-electron chi connectivity index (χ1n) is 8.85. The number of carboxylic acids is 1. The fourth-order valence-corrected chi connectivity index (χ4v) is 3.65. The molecule has 2 saturated heterocycles. The molecule has 0 aliphatic carbocycles. The largest absolute Gasteiger partial charge is 0.480 e. The van der Waals surface area contributed by atoms with Crippen LogP contribution in [-0.2, 0) is 19.1 Å². The van der Waals surface area contributed by atoms with Crippen molar-refractivity contribution >= 4 is 17.8 Å². The van der Waals surface area contributed by atoms with E-state index < -0.39 is 5.97 Å². The minimum atomic E-state index is -1.01. The fraction of sp³-hybridized carbons (Fsp3) is 0.824. The second-order valence-corrected chi connectivity index (χ2v) is 6.68. The smallest absolute Gasteiger partial charge is 0.323 e. The number of amides is 2. The monoisotopic (exact) mass is 340 g/mol. The van der Waals surface area contributed by atoms with Crippen molar-refractivity contribution in [1.29, 1.82) is 0 Å². The predicted octanol–water partition coefficient (Wildman–Crippen LogP) is 1.26. The third kappa shape index (κ3) is 4.69. The number of carboxylic acid groups (broad SMARTS) is 1. The molecule has 1 N–H and O–H groups in total. The highest BCUT2D eigenvalue weighted by molar-refractivity contribution is 5.81. The molecule has 0 aromatic carbocycles. The van der Waals surface area contributed by atoms with Crippen LogP contribution >= 0.6 is 0 Å². The van der Waals surface area contributed by atoms with Crippen molar-refractivity contribution < 1.29 is 24.2 Å². The van der Waals surface area contributed by atoms with Crippen LogP contribution in [0.1, 0.15) is 52.4 Å². The van der Waals surface area contributed by atoms with E-state index in [1.54, 1.807) is 0 Å². The number of carbonyl (C=O) groups excluding carboxylic acids is 2. The summed E-state index contributed by atoms with van der Waals surface area (Å²) in [6.07, 6.45) is 4.58. The topological polar surface area (TPSA) is 87.2 Å². The number of nitrogens with zero attached hydrogens (tertiary/aromatic N) is 2. The zero-order chi connectivity index (χ0) is 17.7. The van der Waals surface area contributed by atoms with E-state index >= 15 is 0 Å². The maximum atomic E-state index is 12.6. The lowest BCUT2D eigenvalue weighted by atomic mass is 10.1. The van der Waals surface area contributed by atoms with Crippen molar-refractivity contribution in [3.63, 3.8) is 0 Å². The van der Waals surface area contributed by atoms with Gasteiger partial charge in [0.15, 0.2) is 0 Å². The summed E-state index contributed by atoms with van der Waals surface area (Å²) in [6.45, 7) is 4.37. The molecule has 136 valence electrons. The molecule has 0 aromatic rings. The van der Waals surface area contributed by atoms with Crippen LogP contribution < -0.4 is 0 Å². The molecule has 2 rings (SSSR count). The minimum absolute atomic E-state index is 0.0409. The van der Waals surface area contributed by atoms with Crippen molar-refractivity contribution in [2.24, 2.45) is 0 Å². The van der Waals surface area contributed by atoms with Crippen LogP contribution in [0, 0.1) is 0 Å². The molecular formula is C17H28N2O5. The fourth-order valence-electron chi connectivity index (χ4n) is 3.65. The van der Waals surface area contributed by atoms with Gasteiger partial charge in [-0.25, -0.2) is 0 Å². The van der Waals surface area contributed by atoms with Gasteiger partial charge in [0.2, 0.25) is 5.91 Å². The summed E-state index contributed by atoms with van der Waals surface area (Å²) < 4.78 is 5.80. The Morgan fingerprint density at radius 3 is 2.50 bits per heavy atom. The SMILES string of the molecule is CCC1CCC(C(=O)N2CCCC(N(CC(=O)O)C(C)=O)CC2)O1. The number of rotatable bonds is 5. The standard InChI is InChI=1S/C17H28N2O5/c1-3-14-6-7-15(24-14)17(23)18-9-4-5-13(8-10-18)19(12(2)20)11-16(21)22/h13-15H,3-11H2,1-2H3,(H,21,22). The van der Waals surface area contributed by atoms with Crippen molar-refractivity contribution in [2.75, 3.05) is 19.6 Å². The Balaban J connectivity index is 1.93. The molecule has 7 nitrogen and oxygen atoms in total. The zero-order valence-corrected chi connectivity index (χ0v) is 14.6. The summed E-state index contributed by atoms with van der Waals surface area (Å²) in [7, 11) is 0. The Hall–Kier alpha value is -1.63. The maximum Gasteiger partial charge on any atom is 0.323 e. The van der Waals surface area contributed by atoms with Crippen LogP contribution in [0.15, 0.2) is 0 Å². The number of likely N-dealkylation sites (tertiary alicyclic amines) is 1. The third-order valence-electron chi connectivity index (χ3n) is 5.00. The van der Waals surface area contributed by atoms with Gasteiger partial charge in [0.1, 0.15) is 12.6 Å². The molecule has 0 saturated carbocycles. The van der Waals surface area contributed by atoms with Crippen LogP contribution in [0.3, 0.4) is 0 Å². The molecule has 2 aliphatic rings. The molecule has 0 bridgehead atoms. The van der Waals surface area contributed by atoms with E-state index in [1.165, 1.54) is 11.8 Å². The Morgan fingerprint density at radius 2 is 1.92 bits per heavy atom. The van der Waals surface area contributed by atoms with Crippen LogP contribution in [0.5, 0.6) is 0 Å². The maximum absolute atomic E-state index is 12.6. The minimum Gasteiger partial charge on any atom is -0.480 e. The van der Waals surface area contributed by atoms with Gasteiger partial charge in [-0.15, -0.1) is 0 Å². The van der Waals surface area contributed by atoms with Gasteiger partial charge >= 0.3 is 5.97 Å². The van der Waals surface area contributed by atoms with E-state index in [1.807, 2.05) is 4.90 Å². The summed E-state index contributed by atoms with van der Waals surface area (Å²) in [6, 6.07) is -0.121. The molecule has 3 atom stereocenters. The molecule has 0 aromatic heterocycles. The second kappa shape index (κ2) is 8.46. The molecule has 3 unspecified atom stereocenters. The highest BCUT2D eigenvalue weighted by Gasteiger charge is 2.34. The molecule has 7 heteroatoms. The quantitative estimate of drug-likeness (QED) is 0.814. The van der Waals surface area contributed by atoms with Gasteiger partial charge in [0.05, 0.1) is 6.10 Å². The van der Waals surface area contributed by atoms with E-state index in [-0.39, 0.29) is 36.6 Å². The van der Waals surface area contributed by atoms with Crippen molar-refractivity contribution in [1.82, 2.24) is 9.80 Å². The van der Waals surface area contributed by atoms with Gasteiger partial charge in [-0.1, -0.05) is 6.92 Å².